The number of methoxy groups -OCH3 is 1. The van der Waals surface area contributed by atoms with Crippen LogP contribution >= 0.6 is 0 Å². The third kappa shape index (κ3) is 6.14. The van der Waals surface area contributed by atoms with Gasteiger partial charge in [0.1, 0.15) is 5.75 Å². The summed E-state index contributed by atoms with van der Waals surface area (Å²) in [5.41, 5.74) is 3.15. The molecule has 178 valence electrons. The summed E-state index contributed by atoms with van der Waals surface area (Å²) in [7, 11) is 1.60. The molecule has 4 amide bonds. The maximum atomic E-state index is 12.4. The zero-order chi connectivity index (χ0) is 23.9. The number of hydrogen-bond donors (Lipinski definition) is 4. The smallest absolute Gasteiger partial charge is 0.319 e. The second-order valence-corrected chi connectivity index (χ2v) is 8.32. The zero-order valence-corrected chi connectivity index (χ0v) is 19.4. The Kier molecular flexibility index (Phi) is 7.44. The molecule has 3 aromatic rings. The van der Waals surface area contributed by atoms with E-state index in [1.807, 2.05) is 37.3 Å². The van der Waals surface area contributed by atoms with Crippen molar-refractivity contribution < 1.29 is 14.3 Å². The number of amides is 4. The number of aryl methyl sites for hydroxylation is 1. The number of carbonyl (C=O) groups excluding carboxylic acids is 2. The molecule has 0 saturated carbocycles. The van der Waals surface area contributed by atoms with Crippen LogP contribution in [0.5, 0.6) is 5.75 Å². The Balaban J connectivity index is 1.18. The van der Waals surface area contributed by atoms with Crippen molar-refractivity contribution in [3.63, 3.8) is 0 Å². The van der Waals surface area contributed by atoms with E-state index in [1.165, 1.54) is 0 Å². The highest BCUT2D eigenvalue weighted by atomic mass is 16.5. The van der Waals surface area contributed by atoms with Gasteiger partial charge in [0.2, 0.25) is 0 Å². The van der Waals surface area contributed by atoms with Crippen LogP contribution < -0.4 is 26.0 Å². The summed E-state index contributed by atoms with van der Waals surface area (Å²) in [6.45, 7) is 4.74. The molecule has 9 heteroatoms. The Morgan fingerprint density at radius 3 is 2.68 bits per heavy atom. The molecule has 4 N–H and O–H groups in total. The molecule has 9 nitrogen and oxygen atoms in total. The lowest BCUT2D eigenvalue weighted by atomic mass is 10.1. The van der Waals surface area contributed by atoms with Crippen molar-refractivity contribution in [1.82, 2.24) is 20.5 Å². The van der Waals surface area contributed by atoms with Gasteiger partial charge in [0.25, 0.3) is 0 Å². The molecule has 34 heavy (non-hydrogen) atoms. The van der Waals surface area contributed by atoms with E-state index in [2.05, 4.69) is 31.2 Å². The van der Waals surface area contributed by atoms with Gasteiger partial charge in [0.15, 0.2) is 0 Å². The normalized spacial score (nSPS) is 15.6. The zero-order valence-electron chi connectivity index (χ0n) is 19.4. The number of rotatable bonds is 7. The lowest BCUT2D eigenvalue weighted by molar-refractivity contribution is 0.246. The summed E-state index contributed by atoms with van der Waals surface area (Å²) < 4.78 is 5.13. The van der Waals surface area contributed by atoms with E-state index in [4.69, 9.17) is 4.74 Å². The van der Waals surface area contributed by atoms with Gasteiger partial charge < -0.3 is 26.0 Å². The number of pyridine rings is 1. The van der Waals surface area contributed by atoms with Crippen LogP contribution in [0, 0.1) is 6.92 Å². The molecule has 1 atom stereocenters. The van der Waals surface area contributed by atoms with E-state index >= 15 is 0 Å². The Morgan fingerprint density at radius 1 is 1.09 bits per heavy atom. The summed E-state index contributed by atoms with van der Waals surface area (Å²) in [6, 6.07) is 16.4. The van der Waals surface area contributed by atoms with Crippen LogP contribution in [0.25, 0.3) is 10.9 Å². The fraction of sp³-hybridized carbons (Fsp3) is 0.320. The number of nitrogens with one attached hydrogen (secondary N) is 4. The Bertz CT molecular complexity index is 1150. The molecule has 0 bridgehead atoms. The minimum atomic E-state index is -0.247. The van der Waals surface area contributed by atoms with Crippen LogP contribution in [-0.4, -0.2) is 61.3 Å². The van der Waals surface area contributed by atoms with Crippen LogP contribution in [0.15, 0.2) is 54.6 Å². The predicted octanol–water partition coefficient (Wildman–Crippen LogP) is 3.57. The topological polar surface area (TPSA) is 108 Å². The monoisotopic (exact) mass is 462 g/mol. The average Bonchev–Trinajstić information content (AvgIpc) is 3.26. The van der Waals surface area contributed by atoms with E-state index in [1.54, 1.807) is 31.4 Å². The second-order valence-electron chi connectivity index (χ2n) is 8.32. The van der Waals surface area contributed by atoms with E-state index < -0.39 is 0 Å². The van der Waals surface area contributed by atoms with Gasteiger partial charge in [0.05, 0.1) is 18.3 Å². The minimum absolute atomic E-state index is 0.0678. The fourth-order valence-corrected chi connectivity index (χ4v) is 4.09. The fourth-order valence-electron chi connectivity index (χ4n) is 4.09. The first kappa shape index (κ1) is 23.3. The van der Waals surface area contributed by atoms with Gasteiger partial charge in [0, 0.05) is 49.0 Å². The standard InChI is InChI=1S/C25H30N6O3/c1-17-15-23(21-5-3-4-6-22(21)27-17)30-24(32)26-12-14-31-13-11-19(16-31)29-25(33)28-18-7-9-20(34-2)10-8-18/h3-10,15,19H,11-14,16H2,1-2H3,(H2,28,29,33)(H2,26,27,30,32). The molecule has 0 spiro atoms. The number of urea groups is 2. The first-order valence-corrected chi connectivity index (χ1v) is 11.4. The molecule has 0 aliphatic carbocycles. The van der Waals surface area contributed by atoms with E-state index in [0.29, 0.717) is 18.8 Å². The lowest BCUT2D eigenvalue weighted by Gasteiger charge is -2.17. The van der Waals surface area contributed by atoms with E-state index in [9.17, 15) is 9.59 Å². The van der Waals surface area contributed by atoms with Crippen molar-refractivity contribution in [2.24, 2.45) is 0 Å². The van der Waals surface area contributed by atoms with Gasteiger partial charge in [-0.3, -0.25) is 9.88 Å². The number of carbonyl (C=O) groups is 2. The second kappa shape index (κ2) is 10.8. The molecular formula is C25H30N6O3. The molecule has 1 aromatic heterocycles. The maximum absolute atomic E-state index is 12.4. The third-order valence-electron chi connectivity index (χ3n) is 5.76. The number of nitrogens with zero attached hydrogens (tertiary/aromatic N) is 2. The number of hydrogen-bond acceptors (Lipinski definition) is 5. The van der Waals surface area contributed by atoms with Crippen LogP contribution in [0.4, 0.5) is 21.0 Å². The summed E-state index contributed by atoms with van der Waals surface area (Å²) in [5, 5.41) is 12.6. The Labute approximate surface area is 198 Å². The first-order valence-electron chi connectivity index (χ1n) is 11.4. The molecular weight excluding hydrogens is 432 g/mol. The van der Waals surface area contributed by atoms with Gasteiger partial charge >= 0.3 is 12.1 Å². The highest BCUT2D eigenvalue weighted by Gasteiger charge is 2.23. The number of likely N-dealkylation sites (tertiary alicyclic amines) is 1. The largest absolute Gasteiger partial charge is 0.497 e. The van der Waals surface area contributed by atoms with Gasteiger partial charge in [-0.1, -0.05) is 18.2 Å². The number of para-hydroxylation sites is 1. The summed E-state index contributed by atoms with van der Waals surface area (Å²) in [6.07, 6.45) is 0.866. The molecule has 1 unspecified atom stereocenters. The summed E-state index contributed by atoms with van der Waals surface area (Å²) >= 11 is 0. The number of ether oxygens (including phenoxy) is 1. The molecule has 0 radical (unpaired) electrons. The molecule has 4 rings (SSSR count). The average molecular weight is 463 g/mol. The minimum Gasteiger partial charge on any atom is -0.497 e. The SMILES string of the molecule is COc1ccc(NC(=O)NC2CCN(CCNC(=O)Nc3cc(C)nc4ccccc34)C2)cc1. The Hall–Kier alpha value is -3.85. The number of aromatic nitrogens is 1. The van der Waals surface area contributed by atoms with E-state index in [0.717, 1.165) is 47.5 Å². The number of anilines is 2. The summed E-state index contributed by atoms with van der Waals surface area (Å²) in [5.74, 6) is 0.740. The van der Waals surface area contributed by atoms with E-state index in [-0.39, 0.29) is 18.1 Å². The van der Waals surface area contributed by atoms with Crippen LogP contribution in [-0.2, 0) is 0 Å². The van der Waals surface area contributed by atoms with Crippen molar-refractivity contribution in [2.45, 2.75) is 19.4 Å². The highest BCUT2D eigenvalue weighted by molar-refractivity contribution is 6.00. The van der Waals surface area contributed by atoms with Crippen molar-refractivity contribution in [3.8, 4) is 5.75 Å². The van der Waals surface area contributed by atoms with Crippen molar-refractivity contribution in [1.29, 1.82) is 0 Å². The maximum Gasteiger partial charge on any atom is 0.319 e. The molecule has 1 aliphatic rings. The summed E-state index contributed by atoms with van der Waals surface area (Å²) in [4.78, 5) is 31.4. The lowest BCUT2D eigenvalue weighted by Crippen LogP contribution is -2.41. The van der Waals surface area contributed by atoms with Gasteiger partial charge in [-0.25, -0.2) is 9.59 Å². The van der Waals surface area contributed by atoms with Crippen molar-refractivity contribution >= 4 is 34.3 Å². The molecule has 1 aliphatic heterocycles. The van der Waals surface area contributed by atoms with Gasteiger partial charge in [-0.2, -0.15) is 0 Å². The number of fused-ring (bicyclic) bond motifs is 1. The van der Waals surface area contributed by atoms with Gasteiger partial charge in [-0.15, -0.1) is 0 Å². The predicted molar refractivity (Wildman–Crippen MR) is 133 cm³/mol. The quantitative estimate of drug-likeness (QED) is 0.429. The molecule has 2 aromatic carbocycles. The highest BCUT2D eigenvalue weighted by Crippen LogP contribution is 2.22. The molecule has 2 heterocycles. The number of benzene rings is 2. The molecule has 1 fully saturated rings. The first-order chi connectivity index (χ1) is 16.5. The van der Waals surface area contributed by atoms with Crippen LogP contribution in [0.3, 0.4) is 0 Å². The Morgan fingerprint density at radius 2 is 1.88 bits per heavy atom. The van der Waals surface area contributed by atoms with Gasteiger partial charge in [-0.05, 0) is 49.7 Å². The molecule has 1 saturated heterocycles. The van der Waals surface area contributed by atoms with Crippen molar-refractivity contribution in [2.75, 3.05) is 43.9 Å². The van der Waals surface area contributed by atoms with Crippen molar-refractivity contribution in [3.05, 3.63) is 60.3 Å². The third-order valence-corrected chi connectivity index (χ3v) is 5.76. The van der Waals surface area contributed by atoms with Crippen LogP contribution in [0.2, 0.25) is 0 Å². The van der Waals surface area contributed by atoms with Crippen LogP contribution in [0.1, 0.15) is 12.1 Å².